The molecule has 0 saturated carbocycles. The van der Waals surface area contributed by atoms with Gasteiger partial charge in [-0.25, -0.2) is 4.79 Å². The molecular formula is C10H12HeO3. The van der Waals surface area contributed by atoms with E-state index in [9.17, 15) is 9.90 Å². The predicted octanol–water partition coefficient (Wildman–Crippen LogP) is 2.04. The van der Waals surface area contributed by atoms with Crippen molar-refractivity contribution in [3.05, 3.63) is 29.3 Å². The Morgan fingerprint density at radius 3 is 2.57 bits per heavy atom. The first-order chi connectivity index (χ1) is 6.16. The second-order valence-electron chi connectivity index (χ2n) is 2.87. The largest absolute Gasteiger partial charge is 0.507 e. The first-order valence-electron chi connectivity index (χ1n) is 4.21. The average molecular weight is 184 g/mol. The maximum Gasteiger partial charge on any atom is 0.339 e. The van der Waals surface area contributed by atoms with Crippen molar-refractivity contribution in [2.45, 2.75) is 19.8 Å². The smallest absolute Gasteiger partial charge is 0.339 e. The molecule has 1 aromatic carbocycles. The van der Waals surface area contributed by atoms with E-state index in [1.54, 1.807) is 12.1 Å². The number of carboxylic acid groups (broad SMARTS) is 1. The first-order valence-corrected chi connectivity index (χ1v) is 4.21. The maximum absolute atomic E-state index is 10.6. The summed E-state index contributed by atoms with van der Waals surface area (Å²) >= 11 is 0. The number of para-hydroxylation sites is 1. The number of benzene rings is 1. The summed E-state index contributed by atoms with van der Waals surface area (Å²) in [5.41, 5.74) is 0.674. The minimum atomic E-state index is -1.09. The Kier molecular flexibility index (Phi) is 4.60. The fraction of sp³-hybridized carbons (Fsp3) is 0.300. The monoisotopic (exact) mass is 184 g/mol. The zero-order valence-corrected chi connectivity index (χ0v) is 8.16. The number of aromatic hydroxyl groups is 1. The summed E-state index contributed by atoms with van der Waals surface area (Å²) in [6.45, 7) is 1.98. The summed E-state index contributed by atoms with van der Waals surface area (Å²) < 4.78 is 0. The van der Waals surface area contributed by atoms with Crippen molar-refractivity contribution in [2.24, 2.45) is 0 Å². The molecule has 4 heteroatoms. The van der Waals surface area contributed by atoms with Crippen molar-refractivity contribution in [3.63, 3.8) is 0 Å². The molecule has 1 aromatic rings. The number of hydrogen-bond donors (Lipinski definition) is 2. The van der Waals surface area contributed by atoms with Crippen molar-refractivity contribution < 1.29 is 21.2 Å². The van der Waals surface area contributed by atoms with Gasteiger partial charge in [-0.15, -0.1) is 0 Å². The third-order valence-corrected chi connectivity index (χ3v) is 1.87. The Labute approximate surface area is 82.8 Å². The van der Waals surface area contributed by atoms with Crippen LogP contribution in [0.25, 0.3) is 0 Å². The van der Waals surface area contributed by atoms with Gasteiger partial charge < -0.3 is 10.2 Å². The minimum absolute atomic E-state index is 0. The van der Waals surface area contributed by atoms with Gasteiger partial charge in [-0.3, -0.25) is 0 Å². The number of carbonyl (C=O) groups is 1. The molecule has 0 aliphatic heterocycles. The van der Waals surface area contributed by atoms with Crippen LogP contribution in [0.5, 0.6) is 5.75 Å². The van der Waals surface area contributed by atoms with Crippen molar-refractivity contribution in [1.29, 1.82) is 0 Å². The topological polar surface area (TPSA) is 57.5 Å². The molecule has 2 N–H and O–H groups in total. The second-order valence-corrected chi connectivity index (χ2v) is 2.87. The van der Waals surface area contributed by atoms with Crippen LogP contribution in [0, 0.1) is 6.15 Å². The van der Waals surface area contributed by atoms with E-state index in [1.165, 1.54) is 6.07 Å². The Balaban J connectivity index is 0.00000169. The summed E-state index contributed by atoms with van der Waals surface area (Å²) in [6.07, 6.45) is 1.59. The summed E-state index contributed by atoms with van der Waals surface area (Å²) in [6, 6.07) is 4.79. The van der Waals surface area contributed by atoms with Crippen molar-refractivity contribution in [1.82, 2.24) is 0 Å². The van der Waals surface area contributed by atoms with Crippen LogP contribution in [-0.4, -0.2) is 16.2 Å². The fourth-order valence-electron chi connectivity index (χ4n) is 1.23. The Bertz CT molecular complexity index is 323. The van der Waals surface area contributed by atoms with Crippen LogP contribution in [0.15, 0.2) is 18.2 Å². The van der Waals surface area contributed by atoms with E-state index < -0.39 is 5.97 Å². The van der Waals surface area contributed by atoms with Crippen LogP contribution < -0.4 is 0 Å². The molecule has 0 saturated heterocycles. The van der Waals surface area contributed by atoms with E-state index in [-0.39, 0.29) is 17.5 Å². The number of phenols is 1. The predicted molar refractivity (Wildman–Crippen MR) is 49.1 cm³/mol. The SMILES string of the molecule is CCCc1cccc(C(=O)O)c1O.[He]. The van der Waals surface area contributed by atoms with E-state index in [2.05, 4.69) is 0 Å². The first kappa shape index (κ1) is 12.4. The summed E-state index contributed by atoms with van der Waals surface area (Å²) in [5.74, 6) is -1.19. The van der Waals surface area contributed by atoms with Crippen LogP contribution in [0.4, 0.5) is 0 Å². The summed E-state index contributed by atoms with van der Waals surface area (Å²) in [7, 11) is 0. The Morgan fingerprint density at radius 2 is 2.07 bits per heavy atom. The van der Waals surface area contributed by atoms with Crippen LogP contribution in [0.1, 0.15) is 29.3 Å². The second kappa shape index (κ2) is 5.20. The molecule has 0 unspecified atom stereocenters. The standard InChI is InChI=1S/C10H12O3.He/c1-2-4-7-5-3-6-8(9(7)11)10(12)13;/h3,5-6,11H,2,4H2,1H3,(H,12,13);. The Morgan fingerprint density at radius 1 is 1.43 bits per heavy atom. The normalized spacial score (nSPS) is 9.21. The maximum atomic E-state index is 10.6. The molecule has 72 valence electrons. The number of aryl methyl sites for hydroxylation is 1. The average Bonchev–Trinajstić information content (AvgIpc) is 2.08. The van der Waals surface area contributed by atoms with Gasteiger partial charge in [-0.1, -0.05) is 25.5 Å². The van der Waals surface area contributed by atoms with Gasteiger partial charge in [0.2, 0.25) is 0 Å². The van der Waals surface area contributed by atoms with Crippen molar-refractivity contribution in [3.8, 4) is 5.75 Å². The van der Waals surface area contributed by atoms with Crippen molar-refractivity contribution in [2.75, 3.05) is 0 Å². The molecule has 0 aromatic heterocycles. The molecule has 0 aliphatic rings. The van der Waals surface area contributed by atoms with Gasteiger partial charge in [0.25, 0.3) is 0 Å². The molecule has 0 fully saturated rings. The molecule has 0 radical (unpaired) electrons. The minimum Gasteiger partial charge on any atom is -0.507 e. The van der Waals surface area contributed by atoms with E-state index >= 15 is 0 Å². The van der Waals surface area contributed by atoms with Crippen LogP contribution in [0.3, 0.4) is 0 Å². The molecule has 0 heterocycles. The van der Waals surface area contributed by atoms with Crippen LogP contribution in [-0.2, 0) is 6.42 Å². The van der Waals surface area contributed by atoms with Gasteiger partial charge in [-0.05, 0) is 18.1 Å². The van der Waals surface area contributed by atoms with E-state index in [4.69, 9.17) is 5.11 Å². The number of aromatic carboxylic acids is 1. The third kappa shape index (κ3) is 2.44. The third-order valence-electron chi connectivity index (χ3n) is 1.87. The number of hydrogen-bond acceptors (Lipinski definition) is 2. The van der Waals surface area contributed by atoms with E-state index in [0.717, 1.165) is 6.42 Å². The molecule has 3 nitrogen and oxygen atoms in total. The zero-order chi connectivity index (χ0) is 9.84. The van der Waals surface area contributed by atoms with Gasteiger partial charge in [0.1, 0.15) is 11.3 Å². The number of rotatable bonds is 3. The van der Waals surface area contributed by atoms with Gasteiger partial charge in [0.05, 0.1) is 0 Å². The Hall–Kier alpha value is -1.60. The molecule has 0 aliphatic carbocycles. The molecule has 0 atom stereocenters. The molecule has 0 amide bonds. The quantitative estimate of drug-likeness (QED) is 0.755. The summed E-state index contributed by atoms with van der Waals surface area (Å²) in [5, 5.41) is 18.2. The van der Waals surface area contributed by atoms with Gasteiger partial charge in [0, 0.05) is 6.15 Å². The van der Waals surface area contributed by atoms with Gasteiger partial charge in [0.15, 0.2) is 0 Å². The van der Waals surface area contributed by atoms with Gasteiger partial charge >= 0.3 is 5.97 Å². The van der Waals surface area contributed by atoms with E-state index in [1.807, 2.05) is 6.92 Å². The van der Waals surface area contributed by atoms with Gasteiger partial charge in [-0.2, -0.15) is 0 Å². The van der Waals surface area contributed by atoms with Crippen LogP contribution in [0.2, 0.25) is 0 Å². The van der Waals surface area contributed by atoms with Crippen molar-refractivity contribution >= 4 is 5.97 Å². The summed E-state index contributed by atoms with van der Waals surface area (Å²) in [4.78, 5) is 10.6. The van der Waals surface area contributed by atoms with Crippen LogP contribution >= 0.6 is 0 Å². The zero-order valence-electron chi connectivity index (χ0n) is 8.16. The molecule has 0 bridgehead atoms. The number of carboxylic acids is 1. The molecule has 14 heavy (non-hydrogen) atoms. The molecule has 1 rings (SSSR count). The fourth-order valence-corrected chi connectivity index (χ4v) is 1.23. The molecular weight excluding hydrogens is 172 g/mol. The van der Waals surface area contributed by atoms with E-state index in [0.29, 0.717) is 12.0 Å². The molecule has 0 spiro atoms.